The zero-order chi connectivity index (χ0) is 26.8. The molecule has 1 saturated heterocycles. The van der Waals surface area contributed by atoms with Gasteiger partial charge in [-0.1, -0.05) is 6.92 Å². The maximum absolute atomic E-state index is 13.3. The van der Waals surface area contributed by atoms with Crippen LogP contribution in [0, 0.1) is 5.92 Å². The summed E-state index contributed by atoms with van der Waals surface area (Å²) in [6.07, 6.45) is 2.95. The summed E-state index contributed by atoms with van der Waals surface area (Å²) in [7, 11) is 1.32. The highest BCUT2D eigenvalue weighted by Crippen LogP contribution is 2.40. The van der Waals surface area contributed by atoms with E-state index in [4.69, 9.17) is 13.9 Å². The highest BCUT2D eigenvalue weighted by molar-refractivity contribution is 6.02. The molecule has 2 heterocycles. The number of alkyl halides is 3. The first-order valence-electron chi connectivity index (χ1n) is 12.8. The molecule has 0 radical (unpaired) electrons. The monoisotopic (exact) mass is 532 g/mol. The maximum atomic E-state index is 13.3. The van der Waals surface area contributed by atoms with E-state index in [1.807, 2.05) is 12.1 Å². The summed E-state index contributed by atoms with van der Waals surface area (Å²) in [6, 6.07) is 7.68. The molecule has 1 N–H and O–H groups in total. The minimum Gasteiger partial charge on any atom is -0.496 e. The van der Waals surface area contributed by atoms with E-state index in [-0.39, 0.29) is 23.5 Å². The molecule has 10 heteroatoms. The standard InChI is InChI=1S/C28H31F3N2O5/c1-16-5-7-33(8-6-16)9-10-36-18-3-4-19-20(15-37-23(19)13-18)17-11-24(35-2)26(25(12-17)38-28(30)31)27(34)32-22-14-21(22)29/h3-4,11-13,15-16,21-22,28H,5-10,14H2,1-2H3,(H,32,34)/t21-,22+/m0/s1. The maximum Gasteiger partial charge on any atom is 0.387 e. The second-order valence-corrected chi connectivity index (χ2v) is 9.94. The fourth-order valence-corrected chi connectivity index (χ4v) is 4.77. The van der Waals surface area contributed by atoms with E-state index in [9.17, 15) is 18.0 Å². The van der Waals surface area contributed by atoms with Gasteiger partial charge in [0, 0.05) is 30.0 Å². The molecule has 7 nitrogen and oxygen atoms in total. The Morgan fingerprint density at radius 1 is 1.18 bits per heavy atom. The van der Waals surface area contributed by atoms with Crippen LogP contribution in [0.1, 0.15) is 36.5 Å². The van der Waals surface area contributed by atoms with E-state index in [1.54, 1.807) is 12.1 Å². The summed E-state index contributed by atoms with van der Waals surface area (Å²) in [4.78, 5) is 15.2. The van der Waals surface area contributed by atoms with Gasteiger partial charge in [0.15, 0.2) is 0 Å². The van der Waals surface area contributed by atoms with E-state index >= 15 is 0 Å². The van der Waals surface area contributed by atoms with Gasteiger partial charge in [-0.25, -0.2) is 4.39 Å². The van der Waals surface area contributed by atoms with Crippen LogP contribution in [0.2, 0.25) is 0 Å². The molecule has 0 unspecified atom stereocenters. The quantitative estimate of drug-likeness (QED) is 0.363. The second kappa shape index (κ2) is 11.1. The predicted molar refractivity (Wildman–Crippen MR) is 136 cm³/mol. The summed E-state index contributed by atoms with van der Waals surface area (Å²) < 4.78 is 61.6. The molecular formula is C28H31F3N2O5. The van der Waals surface area contributed by atoms with Crippen molar-refractivity contribution >= 4 is 16.9 Å². The van der Waals surface area contributed by atoms with Crippen molar-refractivity contribution in [2.24, 2.45) is 5.92 Å². The molecule has 0 bridgehead atoms. The van der Waals surface area contributed by atoms with Gasteiger partial charge in [-0.05, 0) is 61.7 Å². The number of fused-ring (bicyclic) bond motifs is 1. The van der Waals surface area contributed by atoms with Gasteiger partial charge in [0.1, 0.15) is 41.2 Å². The van der Waals surface area contributed by atoms with Gasteiger partial charge in [-0.2, -0.15) is 8.78 Å². The van der Waals surface area contributed by atoms with Crippen LogP contribution in [-0.4, -0.2) is 63.0 Å². The zero-order valence-electron chi connectivity index (χ0n) is 21.3. The largest absolute Gasteiger partial charge is 0.496 e. The van der Waals surface area contributed by atoms with E-state index in [0.717, 1.165) is 30.9 Å². The van der Waals surface area contributed by atoms with Crippen LogP contribution in [0.25, 0.3) is 22.1 Å². The first-order valence-corrected chi connectivity index (χ1v) is 12.8. The summed E-state index contributed by atoms with van der Waals surface area (Å²) in [6.45, 7) is 2.70. The third kappa shape index (κ3) is 5.85. The number of benzene rings is 2. The summed E-state index contributed by atoms with van der Waals surface area (Å²) in [5.41, 5.74) is 1.39. The number of ether oxygens (including phenoxy) is 3. The third-order valence-electron chi connectivity index (χ3n) is 7.17. The SMILES string of the molecule is COc1cc(-c2coc3cc(OCCN4CCC(C)CC4)ccc23)cc(OC(F)F)c1C(=O)N[C@@H]1C[C@@H]1F. The average molecular weight is 533 g/mol. The van der Waals surface area contributed by atoms with Crippen LogP contribution >= 0.6 is 0 Å². The molecule has 2 aromatic carbocycles. The first-order chi connectivity index (χ1) is 18.3. The lowest BCUT2D eigenvalue weighted by Crippen LogP contribution is -2.35. The van der Waals surface area contributed by atoms with Crippen molar-refractivity contribution in [1.29, 1.82) is 0 Å². The Morgan fingerprint density at radius 2 is 1.92 bits per heavy atom. The Morgan fingerprint density at radius 3 is 2.61 bits per heavy atom. The normalized spacial score (nSPS) is 20.1. The van der Waals surface area contributed by atoms with Crippen molar-refractivity contribution in [3.8, 4) is 28.4 Å². The molecule has 38 heavy (non-hydrogen) atoms. The highest BCUT2D eigenvalue weighted by Gasteiger charge is 2.40. The number of carbonyl (C=O) groups is 1. The van der Waals surface area contributed by atoms with E-state index in [2.05, 4.69) is 21.9 Å². The molecule has 5 rings (SSSR count). The second-order valence-electron chi connectivity index (χ2n) is 9.94. The Kier molecular flexibility index (Phi) is 7.69. The number of likely N-dealkylation sites (tertiary alicyclic amines) is 1. The van der Waals surface area contributed by atoms with Gasteiger partial charge in [0.05, 0.1) is 19.4 Å². The molecule has 1 saturated carbocycles. The number of nitrogens with zero attached hydrogens (tertiary/aromatic N) is 1. The molecule has 1 aliphatic heterocycles. The fraction of sp³-hybridized carbons (Fsp3) is 0.464. The molecule has 1 aliphatic carbocycles. The lowest BCUT2D eigenvalue weighted by Gasteiger charge is -2.29. The van der Waals surface area contributed by atoms with Gasteiger partial charge >= 0.3 is 6.61 Å². The van der Waals surface area contributed by atoms with Crippen molar-refractivity contribution < 1.29 is 36.6 Å². The number of rotatable bonds is 10. The summed E-state index contributed by atoms with van der Waals surface area (Å²) in [5.74, 6) is 0.354. The van der Waals surface area contributed by atoms with Gasteiger partial charge in [0.2, 0.25) is 0 Å². The first kappa shape index (κ1) is 26.2. The molecule has 0 spiro atoms. The fourth-order valence-electron chi connectivity index (χ4n) is 4.77. The van der Waals surface area contributed by atoms with Gasteiger partial charge < -0.3 is 23.9 Å². The molecule has 3 aromatic rings. The molecule has 1 aromatic heterocycles. The van der Waals surface area contributed by atoms with Crippen LogP contribution in [0.5, 0.6) is 17.2 Å². The number of furan rings is 1. The van der Waals surface area contributed by atoms with Crippen LogP contribution in [0.3, 0.4) is 0 Å². The van der Waals surface area contributed by atoms with Gasteiger partial charge in [-0.15, -0.1) is 0 Å². The van der Waals surface area contributed by atoms with Crippen molar-refractivity contribution in [3.63, 3.8) is 0 Å². The number of piperidine rings is 1. The number of hydrogen-bond acceptors (Lipinski definition) is 6. The van der Waals surface area contributed by atoms with Crippen LogP contribution < -0.4 is 19.5 Å². The number of methoxy groups -OCH3 is 1. The number of hydrogen-bond donors (Lipinski definition) is 1. The lowest BCUT2D eigenvalue weighted by molar-refractivity contribution is -0.0502. The van der Waals surface area contributed by atoms with Gasteiger partial charge in [0.25, 0.3) is 5.91 Å². The molecule has 2 aliphatic rings. The van der Waals surface area contributed by atoms with Gasteiger partial charge in [-0.3, -0.25) is 9.69 Å². The molecule has 204 valence electrons. The minimum atomic E-state index is -3.18. The Hall–Kier alpha value is -3.40. The lowest BCUT2D eigenvalue weighted by atomic mass is 9.99. The van der Waals surface area contributed by atoms with Crippen LogP contribution in [0.15, 0.2) is 41.0 Å². The Bertz CT molecular complexity index is 1290. The molecular weight excluding hydrogens is 501 g/mol. The molecule has 2 fully saturated rings. The number of carbonyl (C=O) groups excluding carboxylic acids is 1. The number of amides is 1. The van der Waals surface area contributed by atoms with E-state index in [0.29, 0.717) is 29.1 Å². The van der Waals surface area contributed by atoms with E-state index in [1.165, 1.54) is 32.3 Å². The van der Waals surface area contributed by atoms with E-state index < -0.39 is 24.7 Å². The summed E-state index contributed by atoms with van der Waals surface area (Å²) in [5, 5.41) is 3.21. The van der Waals surface area contributed by atoms with Crippen molar-refractivity contribution in [2.45, 2.75) is 45.0 Å². The average Bonchev–Trinajstić information content (AvgIpc) is 3.41. The Labute approximate surface area is 218 Å². The zero-order valence-corrected chi connectivity index (χ0v) is 21.3. The minimum absolute atomic E-state index is 0.0214. The smallest absolute Gasteiger partial charge is 0.387 e. The number of halogens is 3. The summed E-state index contributed by atoms with van der Waals surface area (Å²) >= 11 is 0. The predicted octanol–water partition coefficient (Wildman–Crippen LogP) is 5.66. The Balaban J connectivity index is 1.36. The van der Waals surface area contributed by atoms with Crippen molar-refractivity contribution in [1.82, 2.24) is 10.2 Å². The van der Waals surface area contributed by atoms with Crippen molar-refractivity contribution in [2.75, 3.05) is 33.4 Å². The van der Waals surface area contributed by atoms with Crippen molar-refractivity contribution in [3.05, 3.63) is 42.2 Å². The van der Waals surface area contributed by atoms with Crippen LogP contribution in [-0.2, 0) is 0 Å². The number of nitrogens with one attached hydrogen (secondary N) is 1. The topological polar surface area (TPSA) is 73.2 Å². The molecule has 2 atom stereocenters. The highest BCUT2D eigenvalue weighted by atomic mass is 19.3. The third-order valence-corrected chi connectivity index (χ3v) is 7.17. The van der Waals surface area contributed by atoms with Crippen LogP contribution in [0.4, 0.5) is 13.2 Å². The molecule has 1 amide bonds.